The van der Waals surface area contributed by atoms with Crippen molar-refractivity contribution >= 4 is 23.4 Å². The van der Waals surface area contributed by atoms with Crippen molar-refractivity contribution in [3.8, 4) is 17.1 Å². The molecular weight excluding hydrogens is 437 g/mol. The summed E-state index contributed by atoms with van der Waals surface area (Å²) in [6, 6.07) is 16.6. The van der Waals surface area contributed by atoms with Gasteiger partial charge in [0, 0.05) is 35.9 Å². The fraction of sp³-hybridized carbons (Fsp3) is 0.200. The van der Waals surface area contributed by atoms with Gasteiger partial charge in [-0.05, 0) is 67.3 Å². The molecule has 0 radical (unpaired) electrons. The number of rotatable bonds is 5. The van der Waals surface area contributed by atoms with E-state index in [2.05, 4.69) is 15.2 Å². The predicted molar refractivity (Wildman–Crippen MR) is 127 cm³/mol. The van der Waals surface area contributed by atoms with E-state index in [1.807, 2.05) is 54.0 Å². The van der Waals surface area contributed by atoms with E-state index in [1.165, 1.54) is 17.8 Å². The van der Waals surface area contributed by atoms with Crippen molar-refractivity contribution in [1.29, 1.82) is 0 Å². The van der Waals surface area contributed by atoms with Gasteiger partial charge in [-0.1, -0.05) is 30.0 Å². The maximum atomic E-state index is 13.9. The zero-order valence-corrected chi connectivity index (χ0v) is 18.9. The van der Waals surface area contributed by atoms with Crippen LogP contribution in [0.3, 0.4) is 0 Å². The van der Waals surface area contributed by atoms with Crippen molar-refractivity contribution in [3.05, 3.63) is 83.9 Å². The molecule has 1 aliphatic rings. The maximum Gasteiger partial charge on any atom is 0.237 e. The molecule has 6 nitrogen and oxygen atoms in total. The minimum atomic E-state index is -0.256. The van der Waals surface area contributed by atoms with Crippen molar-refractivity contribution in [1.82, 2.24) is 19.7 Å². The number of carbonyl (C=O) groups excluding carboxylic acids is 1. The third kappa shape index (κ3) is 4.26. The fourth-order valence-electron chi connectivity index (χ4n) is 4.23. The van der Waals surface area contributed by atoms with Gasteiger partial charge >= 0.3 is 0 Å². The molecule has 0 unspecified atom stereocenters. The number of anilines is 1. The Labute approximate surface area is 195 Å². The second-order valence-corrected chi connectivity index (χ2v) is 8.83. The van der Waals surface area contributed by atoms with E-state index >= 15 is 0 Å². The number of aryl methyl sites for hydroxylation is 2. The van der Waals surface area contributed by atoms with Gasteiger partial charge in [0.2, 0.25) is 5.91 Å². The molecule has 4 aromatic rings. The Morgan fingerprint density at radius 2 is 1.97 bits per heavy atom. The summed E-state index contributed by atoms with van der Waals surface area (Å²) in [5.74, 6) is 0.586. The molecule has 0 bridgehead atoms. The highest BCUT2D eigenvalue weighted by Crippen LogP contribution is 2.33. The highest BCUT2D eigenvalue weighted by molar-refractivity contribution is 7.99. The number of halogens is 1. The molecule has 8 heteroatoms. The first kappa shape index (κ1) is 21.3. The molecule has 2 aromatic heterocycles. The number of nitrogens with zero attached hydrogens (tertiary/aromatic N) is 5. The molecule has 1 amide bonds. The first-order chi connectivity index (χ1) is 16.1. The maximum absolute atomic E-state index is 13.9. The Balaban J connectivity index is 1.44. The number of hydrogen-bond donors (Lipinski definition) is 0. The van der Waals surface area contributed by atoms with Crippen LogP contribution in [-0.4, -0.2) is 38.0 Å². The molecule has 0 saturated carbocycles. The van der Waals surface area contributed by atoms with Crippen LogP contribution in [-0.2, 0) is 11.2 Å². The molecule has 0 spiro atoms. The monoisotopic (exact) mass is 459 g/mol. The SMILES string of the molecule is Cc1cc(F)cc2c1N(C(=O)CSc1nnc(-c3cccnc3)n1-c1ccccc1)CCC2. The molecule has 0 aliphatic carbocycles. The van der Waals surface area contributed by atoms with Crippen LogP contribution in [0.5, 0.6) is 0 Å². The molecule has 1 aliphatic heterocycles. The number of para-hydroxylation sites is 1. The van der Waals surface area contributed by atoms with Crippen molar-refractivity contribution in [2.75, 3.05) is 17.2 Å². The van der Waals surface area contributed by atoms with E-state index < -0.39 is 0 Å². The van der Waals surface area contributed by atoms with E-state index in [0.717, 1.165) is 40.9 Å². The average molecular weight is 460 g/mol. The lowest BCUT2D eigenvalue weighted by Crippen LogP contribution is -2.37. The summed E-state index contributed by atoms with van der Waals surface area (Å²) in [5, 5.41) is 9.41. The van der Waals surface area contributed by atoms with Gasteiger partial charge in [-0.3, -0.25) is 14.3 Å². The Morgan fingerprint density at radius 1 is 1.12 bits per heavy atom. The van der Waals surface area contributed by atoms with E-state index in [9.17, 15) is 9.18 Å². The van der Waals surface area contributed by atoms with Gasteiger partial charge in [-0.25, -0.2) is 4.39 Å². The highest BCUT2D eigenvalue weighted by Gasteiger charge is 2.26. The molecule has 0 atom stereocenters. The third-order valence-electron chi connectivity index (χ3n) is 5.64. The van der Waals surface area contributed by atoms with E-state index in [-0.39, 0.29) is 17.5 Å². The summed E-state index contributed by atoms with van der Waals surface area (Å²) in [5.41, 5.74) is 4.27. The van der Waals surface area contributed by atoms with Crippen LogP contribution in [0.2, 0.25) is 0 Å². The smallest absolute Gasteiger partial charge is 0.237 e. The largest absolute Gasteiger partial charge is 0.311 e. The second-order valence-electron chi connectivity index (χ2n) is 7.89. The van der Waals surface area contributed by atoms with Crippen molar-refractivity contribution in [2.45, 2.75) is 24.9 Å². The van der Waals surface area contributed by atoms with E-state index in [4.69, 9.17) is 0 Å². The van der Waals surface area contributed by atoms with Gasteiger partial charge in [0.1, 0.15) is 5.82 Å². The Bertz CT molecular complexity index is 1290. The first-order valence-corrected chi connectivity index (χ1v) is 11.7. The normalized spacial score (nSPS) is 13.1. The summed E-state index contributed by atoms with van der Waals surface area (Å²) in [4.78, 5) is 19.2. The molecule has 3 heterocycles. The van der Waals surface area contributed by atoms with Gasteiger partial charge in [0.05, 0.1) is 5.75 Å². The standard InChI is InChI=1S/C25H22FN5OS/c1-17-13-20(26)14-18-8-6-12-30(23(17)18)22(32)16-33-25-29-28-24(19-7-5-11-27-15-19)31(25)21-9-3-2-4-10-21/h2-5,7,9-11,13-15H,6,8,12,16H2,1H3. The Hall–Kier alpha value is -3.52. The van der Waals surface area contributed by atoms with Crippen LogP contribution in [0, 0.1) is 12.7 Å². The van der Waals surface area contributed by atoms with Gasteiger partial charge in [0.15, 0.2) is 11.0 Å². The molecule has 5 rings (SSSR count). The molecule has 0 N–H and O–H groups in total. The molecule has 0 fully saturated rings. The number of amides is 1. The zero-order valence-electron chi connectivity index (χ0n) is 18.1. The quantitative estimate of drug-likeness (QED) is 0.399. The van der Waals surface area contributed by atoms with Gasteiger partial charge in [0.25, 0.3) is 0 Å². The van der Waals surface area contributed by atoms with Crippen LogP contribution in [0.4, 0.5) is 10.1 Å². The number of carbonyl (C=O) groups is 1. The molecule has 166 valence electrons. The lowest BCUT2D eigenvalue weighted by molar-refractivity contribution is -0.116. The Morgan fingerprint density at radius 3 is 2.76 bits per heavy atom. The van der Waals surface area contributed by atoms with Gasteiger partial charge in [-0.15, -0.1) is 10.2 Å². The summed E-state index contributed by atoms with van der Waals surface area (Å²) >= 11 is 1.35. The fourth-order valence-corrected chi connectivity index (χ4v) is 5.06. The van der Waals surface area contributed by atoms with Crippen LogP contribution >= 0.6 is 11.8 Å². The van der Waals surface area contributed by atoms with Crippen LogP contribution < -0.4 is 4.90 Å². The number of pyridine rings is 1. The lowest BCUT2D eigenvalue weighted by Gasteiger charge is -2.31. The van der Waals surface area contributed by atoms with Crippen molar-refractivity contribution in [2.24, 2.45) is 0 Å². The summed E-state index contributed by atoms with van der Waals surface area (Å²) < 4.78 is 15.8. The van der Waals surface area contributed by atoms with Crippen LogP contribution in [0.15, 0.2) is 72.1 Å². The first-order valence-electron chi connectivity index (χ1n) is 10.8. The molecule has 33 heavy (non-hydrogen) atoms. The minimum absolute atomic E-state index is 0.0267. The predicted octanol–water partition coefficient (Wildman–Crippen LogP) is 4.85. The topological polar surface area (TPSA) is 63.9 Å². The second kappa shape index (κ2) is 9.15. The number of aromatic nitrogens is 4. The van der Waals surface area contributed by atoms with Crippen LogP contribution in [0.1, 0.15) is 17.5 Å². The number of benzene rings is 2. The number of thioether (sulfide) groups is 1. The lowest BCUT2D eigenvalue weighted by atomic mass is 9.98. The number of hydrogen-bond acceptors (Lipinski definition) is 5. The molecule has 2 aromatic carbocycles. The van der Waals surface area contributed by atoms with E-state index in [0.29, 0.717) is 17.5 Å². The number of fused-ring (bicyclic) bond motifs is 1. The summed E-state index contributed by atoms with van der Waals surface area (Å²) in [6.07, 6.45) is 5.06. The molecule has 0 saturated heterocycles. The summed E-state index contributed by atoms with van der Waals surface area (Å²) in [7, 11) is 0. The Kier molecular flexibility index (Phi) is 5.92. The third-order valence-corrected chi connectivity index (χ3v) is 6.55. The van der Waals surface area contributed by atoms with Crippen molar-refractivity contribution < 1.29 is 9.18 Å². The minimum Gasteiger partial charge on any atom is -0.311 e. The summed E-state index contributed by atoms with van der Waals surface area (Å²) in [6.45, 7) is 2.48. The van der Waals surface area contributed by atoms with Gasteiger partial charge < -0.3 is 4.90 Å². The molecular formula is C25H22FN5OS. The van der Waals surface area contributed by atoms with E-state index in [1.54, 1.807) is 23.4 Å². The highest BCUT2D eigenvalue weighted by atomic mass is 32.2. The van der Waals surface area contributed by atoms with Crippen molar-refractivity contribution in [3.63, 3.8) is 0 Å². The van der Waals surface area contributed by atoms with Gasteiger partial charge in [-0.2, -0.15) is 0 Å². The average Bonchev–Trinajstić information content (AvgIpc) is 3.27. The zero-order chi connectivity index (χ0) is 22.8. The van der Waals surface area contributed by atoms with Crippen LogP contribution in [0.25, 0.3) is 17.1 Å².